The number of hydrogen-bond acceptors (Lipinski definition) is 5. The molecule has 166 valence electrons. The highest BCUT2D eigenvalue weighted by molar-refractivity contribution is 5.99. The van der Waals surface area contributed by atoms with E-state index in [2.05, 4.69) is 24.1 Å². The minimum absolute atomic E-state index is 0.0405. The molecule has 0 bridgehead atoms. The molecule has 0 saturated carbocycles. The van der Waals surface area contributed by atoms with Gasteiger partial charge in [0.15, 0.2) is 0 Å². The molecule has 2 amide bonds. The molecule has 1 heterocycles. The Morgan fingerprint density at radius 3 is 2.52 bits per heavy atom. The van der Waals surface area contributed by atoms with Gasteiger partial charge in [-0.05, 0) is 48.4 Å². The molecule has 1 aliphatic heterocycles. The maximum absolute atomic E-state index is 12.7. The highest BCUT2D eigenvalue weighted by atomic mass is 16.5. The molecule has 1 N–H and O–H groups in total. The predicted octanol–water partition coefficient (Wildman–Crippen LogP) is 3.27. The lowest BCUT2D eigenvalue weighted by Crippen LogP contribution is -2.36. The van der Waals surface area contributed by atoms with Crippen LogP contribution in [0.2, 0.25) is 0 Å². The van der Waals surface area contributed by atoms with Crippen LogP contribution in [0.3, 0.4) is 0 Å². The molecule has 7 heteroatoms. The second-order valence-electron chi connectivity index (χ2n) is 8.09. The van der Waals surface area contributed by atoms with E-state index in [0.29, 0.717) is 29.5 Å². The Bertz CT molecular complexity index is 877. The van der Waals surface area contributed by atoms with E-state index in [1.165, 1.54) is 4.90 Å². The first-order chi connectivity index (χ1) is 14.9. The van der Waals surface area contributed by atoms with Crippen molar-refractivity contribution in [1.82, 2.24) is 4.90 Å². The fourth-order valence-electron chi connectivity index (χ4n) is 3.27. The van der Waals surface area contributed by atoms with Crippen LogP contribution in [0.5, 0.6) is 5.75 Å². The molecular formula is C24H31N3O4. The summed E-state index contributed by atoms with van der Waals surface area (Å²) in [5.74, 6) is 0.571. The third-order valence-electron chi connectivity index (χ3n) is 4.92. The molecular weight excluding hydrogens is 394 g/mol. The van der Waals surface area contributed by atoms with Crippen LogP contribution in [-0.2, 0) is 9.53 Å². The average molecular weight is 426 g/mol. The quantitative estimate of drug-likeness (QED) is 0.703. The topological polar surface area (TPSA) is 71.1 Å². The Morgan fingerprint density at radius 1 is 1.13 bits per heavy atom. The van der Waals surface area contributed by atoms with E-state index in [1.807, 2.05) is 30.3 Å². The van der Waals surface area contributed by atoms with Crippen molar-refractivity contribution in [3.8, 4) is 5.75 Å². The number of amides is 2. The van der Waals surface area contributed by atoms with Gasteiger partial charge in [-0.2, -0.15) is 0 Å². The van der Waals surface area contributed by atoms with Crippen LogP contribution < -0.4 is 15.0 Å². The summed E-state index contributed by atoms with van der Waals surface area (Å²) in [5, 5.41) is 2.85. The molecule has 2 aromatic carbocycles. The molecule has 2 aromatic rings. The summed E-state index contributed by atoms with van der Waals surface area (Å²) in [7, 11) is 1.62. The molecule has 0 aromatic heterocycles. The maximum atomic E-state index is 12.7. The van der Waals surface area contributed by atoms with Gasteiger partial charge in [-0.15, -0.1) is 0 Å². The monoisotopic (exact) mass is 425 g/mol. The Kier molecular flexibility index (Phi) is 7.89. The van der Waals surface area contributed by atoms with E-state index in [4.69, 9.17) is 9.47 Å². The summed E-state index contributed by atoms with van der Waals surface area (Å²) in [6.07, 6.45) is 0. The number of carbonyl (C=O) groups excluding carboxylic acids is 2. The Balaban J connectivity index is 1.52. The van der Waals surface area contributed by atoms with Crippen molar-refractivity contribution in [2.75, 3.05) is 56.7 Å². The lowest BCUT2D eigenvalue weighted by molar-refractivity contribution is -0.116. The number of hydrogen-bond donors (Lipinski definition) is 1. The second-order valence-corrected chi connectivity index (χ2v) is 8.09. The molecule has 1 aliphatic rings. The number of rotatable bonds is 8. The summed E-state index contributed by atoms with van der Waals surface area (Å²) in [4.78, 5) is 28.8. The lowest BCUT2D eigenvalue weighted by Gasteiger charge is -2.28. The van der Waals surface area contributed by atoms with Crippen molar-refractivity contribution < 1.29 is 19.1 Å². The Labute approximate surface area is 183 Å². The zero-order valence-electron chi connectivity index (χ0n) is 18.5. The van der Waals surface area contributed by atoms with Crippen LogP contribution in [0.1, 0.15) is 24.2 Å². The van der Waals surface area contributed by atoms with Crippen molar-refractivity contribution in [2.24, 2.45) is 5.92 Å². The van der Waals surface area contributed by atoms with Gasteiger partial charge in [-0.25, -0.2) is 0 Å². The smallest absolute Gasteiger partial charge is 0.254 e. The van der Waals surface area contributed by atoms with Gasteiger partial charge >= 0.3 is 0 Å². The number of morpholine rings is 1. The van der Waals surface area contributed by atoms with Crippen molar-refractivity contribution in [3.63, 3.8) is 0 Å². The van der Waals surface area contributed by atoms with Gasteiger partial charge in [-0.3, -0.25) is 9.59 Å². The van der Waals surface area contributed by atoms with E-state index in [1.54, 1.807) is 25.2 Å². The van der Waals surface area contributed by atoms with Crippen molar-refractivity contribution in [2.45, 2.75) is 13.8 Å². The summed E-state index contributed by atoms with van der Waals surface area (Å²) in [6, 6.07) is 14.8. The van der Waals surface area contributed by atoms with Gasteiger partial charge in [0.1, 0.15) is 5.75 Å². The van der Waals surface area contributed by atoms with Crippen LogP contribution >= 0.6 is 0 Å². The van der Waals surface area contributed by atoms with E-state index in [9.17, 15) is 9.59 Å². The minimum atomic E-state index is -0.248. The predicted molar refractivity (Wildman–Crippen MR) is 122 cm³/mol. The standard InChI is InChI=1S/C24H31N3O4/c1-18(2)17-31-22-6-4-5-19(15-22)24(29)26(3)16-23(28)25-20-7-9-21(10-8-20)27-11-13-30-14-12-27/h4-10,15,18H,11-14,16-17H2,1-3H3,(H,25,28). The van der Waals surface area contributed by atoms with Gasteiger partial charge in [0.25, 0.3) is 5.91 Å². The van der Waals surface area contributed by atoms with Crippen LogP contribution in [-0.4, -0.2) is 63.2 Å². The SMILES string of the molecule is CC(C)COc1cccc(C(=O)N(C)CC(=O)Nc2ccc(N3CCOCC3)cc2)c1. The first-order valence-corrected chi connectivity index (χ1v) is 10.6. The van der Waals surface area contributed by atoms with Crippen LogP contribution in [0.25, 0.3) is 0 Å². The van der Waals surface area contributed by atoms with Gasteiger partial charge in [0, 0.05) is 37.1 Å². The van der Waals surface area contributed by atoms with Crippen LogP contribution in [0.4, 0.5) is 11.4 Å². The molecule has 0 atom stereocenters. The van der Waals surface area contributed by atoms with Crippen LogP contribution in [0, 0.1) is 5.92 Å². The van der Waals surface area contributed by atoms with Gasteiger partial charge in [0.2, 0.25) is 5.91 Å². The number of nitrogens with one attached hydrogen (secondary N) is 1. The zero-order valence-corrected chi connectivity index (χ0v) is 18.5. The largest absolute Gasteiger partial charge is 0.493 e. The maximum Gasteiger partial charge on any atom is 0.254 e. The number of benzene rings is 2. The van der Waals surface area contributed by atoms with Crippen LogP contribution in [0.15, 0.2) is 48.5 Å². The highest BCUT2D eigenvalue weighted by Gasteiger charge is 2.16. The Morgan fingerprint density at radius 2 is 1.84 bits per heavy atom. The van der Waals surface area contributed by atoms with E-state index >= 15 is 0 Å². The first-order valence-electron chi connectivity index (χ1n) is 10.6. The number of anilines is 2. The number of ether oxygens (including phenoxy) is 2. The zero-order chi connectivity index (χ0) is 22.2. The molecule has 0 radical (unpaired) electrons. The van der Waals surface area contributed by atoms with Gasteiger partial charge in [0.05, 0.1) is 26.4 Å². The van der Waals surface area contributed by atoms with Crippen molar-refractivity contribution in [3.05, 3.63) is 54.1 Å². The molecule has 0 unspecified atom stereocenters. The number of likely N-dealkylation sites (N-methyl/N-ethyl adjacent to an activating group) is 1. The van der Waals surface area contributed by atoms with E-state index in [0.717, 1.165) is 32.0 Å². The summed E-state index contributed by atoms with van der Waals surface area (Å²) in [6.45, 7) is 7.86. The third-order valence-corrected chi connectivity index (χ3v) is 4.92. The fourth-order valence-corrected chi connectivity index (χ4v) is 3.27. The summed E-state index contributed by atoms with van der Waals surface area (Å²) in [5.41, 5.74) is 2.30. The molecule has 31 heavy (non-hydrogen) atoms. The Hall–Kier alpha value is -3.06. The molecule has 0 spiro atoms. The molecule has 3 rings (SSSR count). The molecule has 1 saturated heterocycles. The highest BCUT2D eigenvalue weighted by Crippen LogP contribution is 2.19. The first kappa shape index (κ1) is 22.6. The normalized spacial score (nSPS) is 13.7. The van der Waals surface area contributed by atoms with Gasteiger partial charge in [-0.1, -0.05) is 19.9 Å². The van der Waals surface area contributed by atoms with Crippen molar-refractivity contribution in [1.29, 1.82) is 0 Å². The minimum Gasteiger partial charge on any atom is -0.493 e. The molecule has 7 nitrogen and oxygen atoms in total. The van der Waals surface area contributed by atoms with E-state index in [-0.39, 0.29) is 18.4 Å². The number of nitrogens with zero attached hydrogens (tertiary/aromatic N) is 2. The summed E-state index contributed by atoms with van der Waals surface area (Å²) >= 11 is 0. The lowest BCUT2D eigenvalue weighted by atomic mass is 10.2. The summed E-state index contributed by atoms with van der Waals surface area (Å²) < 4.78 is 11.1. The third kappa shape index (κ3) is 6.72. The average Bonchev–Trinajstić information content (AvgIpc) is 2.78. The van der Waals surface area contributed by atoms with E-state index < -0.39 is 0 Å². The second kappa shape index (κ2) is 10.8. The fraction of sp³-hybridized carbons (Fsp3) is 0.417. The van der Waals surface area contributed by atoms with Crippen molar-refractivity contribution >= 4 is 23.2 Å². The molecule has 1 fully saturated rings. The van der Waals surface area contributed by atoms with Gasteiger partial charge < -0.3 is 24.6 Å². The molecule has 0 aliphatic carbocycles. The number of carbonyl (C=O) groups is 2.